The van der Waals surface area contributed by atoms with E-state index in [2.05, 4.69) is 25.0 Å². The van der Waals surface area contributed by atoms with E-state index in [9.17, 15) is 4.79 Å². The lowest BCUT2D eigenvalue weighted by Gasteiger charge is -2.41. The van der Waals surface area contributed by atoms with Crippen molar-refractivity contribution in [2.75, 3.05) is 57.1 Å². The van der Waals surface area contributed by atoms with Crippen LogP contribution in [0.1, 0.15) is 50.3 Å². The number of fused-ring (bicyclic) bond motifs is 1. The molecule has 2 saturated heterocycles. The Bertz CT molecular complexity index is 1270. The van der Waals surface area contributed by atoms with Gasteiger partial charge in [0, 0.05) is 57.7 Å². The zero-order chi connectivity index (χ0) is 26.8. The summed E-state index contributed by atoms with van der Waals surface area (Å²) in [5.41, 5.74) is 1.83. The summed E-state index contributed by atoms with van der Waals surface area (Å²) in [5, 5.41) is 12.7. The van der Waals surface area contributed by atoms with Crippen LogP contribution in [0.4, 0.5) is 22.2 Å². The summed E-state index contributed by atoms with van der Waals surface area (Å²) in [4.78, 5) is 26.7. The molecule has 2 N–H and O–H groups in total. The monoisotopic (exact) mass is 555 g/mol. The quantitative estimate of drug-likeness (QED) is 0.464. The molecule has 0 unspecified atom stereocenters. The number of anilines is 3. The van der Waals surface area contributed by atoms with Gasteiger partial charge in [-0.2, -0.15) is 19.4 Å². The van der Waals surface area contributed by atoms with Crippen LogP contribution >= 0.6 is 11.5 Å². The molecule has 3 aliphatic rings. The van der Waals surface area contributed by atoms with Crippen molar-refractivity contribution in [2.24, 2.45) is 0 Å². The molecular weight excluding hydrogens is 518 g/mol. The molecule has 1 aliphatic carbocycles. The van der Waals surface area contributed by atoms with Crippen LogP contribution in [0.15, 0.2) is 12.4 Å². The number of aryl methyl sites for hydroxylation is 1. The maximum atomic E-state index is 11.8. The second-order valence-electron chi connectivity index (χ2n) is 10.7. The zero-order valence-corrected chi connectivity index (χ0v) is 23.5. The number of ether oxygens (including phenoxy) is 2. The van der Waals surface area contributed by atoms with Gasteiger partial charge in [-0.1, -0.05) is 0 Å². The van der Waals surface area contributed by atoms with Crippen molar-refractivity contribution >= 4 is 45.3 Å². The molecule has 5 heterocycles. The molecule has 3 aromatic heterocycles. The van der Waals surface area contributed by atoms with E-state index >= 15 is 0 Å². The van der Waals surface area contributed by atoms with Crippen molar-refractivity contribution < 1.29 is 14.3 Å². The van der Waals surface area contributed by atoms with Crippen molar-refractivity contribution in [3.63, 3.8) is 0 Å². The molecule has 13 heteroatoms. The lowest BCUT2D eigenvalue weighted by molar-refractivity contribution is 0.0642. The number of nitrogens with one attached hydrogen (secondary N) is 2. The largest absolute Gasteiger partial charge is 0.453 e. The Morgan fingerprint density at radius 2 is 1.82 bits per heavy atom. The number of methoxy groups -OCH3 is 1. The van der Waals surface area contributed by atoms with Crippen LogP contribution in [0.5, 0.6) is 0 Å². The van der Waals surface area contributed by atoms with Crippen molar-refractivity contribution in [1.82, 2.24) is 33.9 Å². The second kappa shape index (κ2) is 11.6. The number of carbonyl (C=O) groups is 1. The summed E-state index contributed by atoms with van der Waals surface area (Å²) in [6, 6.07) is 1.27. The SMILES string of the molecule is COC(=O)N1CCN(C2CCC(Nc3nc(Nc4cnn(C5CCOCC5)c4)nc4snc(C)c34)CC2)CC1. The highest BCUT2D eigenvalue weighted by atomic mass is 32.1. The molecule has 1 amide bonds. The number of carbonyl (C=O) groups excluding carboxylic acids is 1. The van der Waals surface area contributed by atoms with E-state index in [0.717, 1.165) is 105 Å². The van der Waals surface area contributed by atoms with Gasteiger partial charge in [-0.15, -0.1) is 0 Å². The smallest absolute Gasteiger partial charge is 0.409 e. The topological polar surface area (TPSA) is 123 Å². The minimum absolute atomic E-state index is 0.223. The third kappa shape index (κ3) is 5.80. The molecule has 0 bridgehead atoms. The Kier molecular flexibility index (Phi) is 7.80. The average Bonchev–Trinajstić information content (AvgIpc) is 3.60. The van der Waals surface area contributed by atoms with E-state index in [4.69, 9.17) is 19.4 Å². The number of aromatic nitrogens is 5. The molecule has 3 aromatic rings. The van der Waals surface area contributed by atoms with Gasteiger partial charge in [0.05, 0.1) is 36.1 Å². The lowest BCUT2D eigenvalue weighted by atomic mass is 9.89. The lowest BCUT2D eigenvalue weighted by Crippen LogP contribution is -2.53. The molecule has 12 nitrogen and oxygen atoms in total. The average molecular weight is 556 g/mol. The summed E-state index contributed by atoms with van der Waals surface area (Å²) in [6.45, 7) is 6.86. The highest BCUT2D eigenvalue weighted by molar-refractivity contribution is 7.13. The van der Waals surface area contributed by atoms with Crippen LogP contribution < -0.4 is 10.6 Å². The van der Waals surface area contributed by atoms with Crippen molar-refractivity contribution in [3.05, 3.63) is 18.1 Å². The van der Waals surface area contributed by atoms with Gasteiger partial charge in [0.15, 0.2) is 4.83 Å². The molecule has 210 valence electrons. The van der Waals surface area contributed by atoms with Gasteiger partial charge >= 0.3 is 6.09 Å². The van der Waals surface area contributed by atoms with Gasteiger partial charge < -0.3 is 25.0 Å². The fourth-order valence-corrected chi connectivity index (χ4v) is 6.79. The third-order valence-electron chi connectivity index (χ3n) is 8.23. The van der Waals surface area contributed by atoms with E-state index in [1.54, 1.807) is 4.90 Å². The van der Waals surface area contributed by atoms with Crippen LogP contribution in [0, 0.1) is 6.92 Å². The first-order chi connectivity index (χ1) is 19.1. The van der Waals surface area contributed by atoms with E-state index < -0.39 is 0 Å². The molecule has 39 heavy (non-hydrogen) atoms. The maximum absolute atomic E-state index is 11.8. The molecule has 0 spiro atoms. The Balaban J connectivity index is 1.09. The molecule has 1 saturated carbocycles. The molecule has 3 fully saturated rings. The molecule has 6 rings (SSSR count). The Morgan fingerprint density at radius 3 is 2.56 bits per heavy atom. The summed E-state index contributed by atoms with van der Waals surface area (Å²) >= 11 is 1.41. The number of hydrogen-bond acceptors (Lipinski definition) is 11. The predicted molar refractivity (Wildman–Crippen MR) is 150 cm³/mol. The first kappa shape index (κ1) is 26.2. The first-order valence-corrected chi connectivity index (χ1v) is 14.7. The minimum atomic E-state index is -0.223. The fourth-order valence-electron chi connectivity index (χ4n) is 6.01. The minimum Gasteiger partial charge on any atom is -0.453 e. The van der Waals surface area contributed by atoms with Gasteiger partial charge in [0.1, 0.15) is 5.82 Å². The van der Waals surface area contributed by atoms with Crippen LogP contribution in [0.2, 0.25) is 0 Å². The van der Waals surface area contributed by atoms with Crippen molar-refractivity contribution in [2.45, 2.75) is 63.6 Å². The number of amides is 1. The molecule has 2 aliphatic heterocycles. The first-order valence-electron chi connectivity index (χ1n) is 13.9. The number of nitrogens with zero attached hydrogens (tertiary/aromatic N) is 7. The van der Waals surface area contributed by atoms with Crippen LogP contribution in [-0.2, 0) is 9.47 Å². The molecular formula is C26H37N9O3S. The molecule has 0 atom stereocenters. The van der Waals surface area contributed by atoms with Crippen LogP contribution in [0.3, 0.4) is 0 Å². The van der Waals surface area contributed by atoms with E-state index in [1.807, 2.05) is 24.0 Å². The van der Waals surface area contributed by atoms with Crippen LogP contribution in [0.25, 0.3) is 10.2 Å². The summed E-state index contributed by atoms with van der Waals surface area (Å²) in [7, 11) is 1.45. The standard InChI is InChI=1S/C26H37N9O3S/c1-17-22-23(28-18-3-5-20(6-4-18)33-9-11-34(12-10-33)26(36)37-2)30-25(31-24(22)39-32-17)29-19-15-27-35(16-19)21-7-13-38-14-8-21/h15-16,18,20-21H,3-14H2,1-2H3,(H2,28,29,30,31). The second-order valence-corrected chi connectivity index (χ2v) is 11.4. The fraction of sp³-hybridized carbons (Fsp3) is 0.654. The van der Waals surface area contributed by atoms with Crippen molar-refractivity contribution in [3.8, 4) is 0 Å². The summed E-state index contributed by atoms with van der Waals surface area (Å²) in [5.74, 6) is 1.40. The Morgan fingerprint density at radius 1 is 1.05 bits per heavy atom. The van der Waals surface area contributed by atoms with E-state index in [1.165, 1.54) is 18.6 Å². The molecule has 0 radical (unpaired) electrons. The third-order valence-corrected chi connectivity index (χ3v) is 9.06. The highest BCUT2D eigenvalue weighted by Crippen LogP contribution is 2.32. The zero-order valence-electron chi connectivity index (χ0n) is 22.6. The summed E-state index contributed by atoms with van der Waals surface area (Å²) < 4.78 is 16.9. The maximum Gasteiger partial charge on any atom is 0.409 e. The predicted octanol–water partition coefficient (Wildman–Crippen LogP) is 3.79. The number of rotatable bonds is 6. The van der Waals surface area contributed by atoms with Crippen molar-refractivity contribution in [1.29, 1.82) is 0 Å². The van der Waals surface area contributed by atoms with Gasteiger partial charge in [-0.25, -0.2) is 4.79 Å². The Hall–Kier alpha value is -3.03. The summed E-state index contributed by atoms with van der Waals surface area (Å²) in [6.07, 6.45) is 9.99. The van der Waals surface area contributed by atoms with E-state index in [-0.39, 0.29) is 6.09 Å². The highest BCUT2D eigenvalue weighted by Gasteiger charge is 2.30. The van der Waals surface area contributed by atoms with Gasteiger partial charge in [0.25, 0.3) is 0 Å². The van der Waals surface area contributed by atoms with Crippen LogP contribution in [-0.4, -0.2) is 98.6 Å². The van der Waals surface area contributed by atoms with Gasteiger partial charge in [-0.3, -0.25) is 9.58 Å². The normalized spacial score (nSPS) is 23.2. The number of hydrogen-bond donors (Lipinski definition) is 2. The van der Waals surface area contributed by atoms with Gasteiger partial charge in [-0.05, 0) is 57.0 Å². The van der Waals surface area contributed by atoms with Gasteiger partial charge in [0.2, 0.25) is 5.95 Å². The number of piperazine rings is 1. The Labute approximate surface area is 232 Å². The molecule has 0 aromatic carbocycles. The van der Waals surface area contributed by atoms with E-state index in [0.29, 0.717) is 24.1 Å².